The van der Waals surface area contributed by atoms with Crippen molar-refractivity contribution in [3.8, 4) is 0 Å². The summed E-state index contributed by atoms with van der Waals surface area (Å²) in [6.07, 6.45) is 2.40. The van der Waals surface area contributed by atoms with Gasteiger partial charge in [0, 0.05) is 11.1 Å². The molecule has 0 spiro atoms. The van der Waals surface area contributed by atoms with Gasteiger partial charge in [0.2, 0.25) is 0 Å². The molecule has 2 N–H and O–H groups in total. The predicted molar refractivity (Wildman–Crippen MR) is 95.9 cm³/mol. The lowest BCUT2D eigenvalue weighted by molar-refractivity contribution is 1.08. The molecule has 3 aromatic heterocycles. The van der Waals surface area contributed by atoms with Crippen LogP contribution in [0.4, 0.5) is 5.82 Å². The van der Waals surface area contributed by atoms with E-state index in [9.17, 15) is 0 Å². The second kappa shape index (κ2) is 5.28. The highest BCUT2D eigenvalue weighted by molar-refractivity contribution is 7.25. The van der Waals surface area contributed by atoms with E-state index in [1.54, 1.807) is 11.3 Å². The third-order valence-corrected chi connectivity index (χ3v) is 5.33. The van der Waals surface area contributed by atoms with E-state index in [1.807, 2.05) is 6.07 Å². The van der Waals surface area contributed by atoms with Crippen molar-refractivity contribution in [1.82, 2.24) is 15.0 Å². The molecule has 0 saturated carbocycles. The Morgan fingerprint density at radius 2 is 1.87 bits per heavy atom. The molecule has 5 heteroatoms. The van der Waals surface area contributed by atoms with E-state index in [2.05, 4.69) is 48.1 Å². The van der Waals surface area contributed by atoms with Gasteiger partial charge in [0.15, 0.2) is 0 Å². The fraction of sp³-hybridized carbons (Fsp3) is 0.167. The number of aromatic nitrogens is 3. The number of nitrogen functional groups attached to an aromatic ring is 1. The summed E-state index contributed by atoms with van der Waals surface area (Å²) in [4.78, 5) is 14.3. The number of anilines is 1. The maximum absolute atomic E-state index is 6.00. The van der Waals surface area contributed by atoms with E-state index in [0.29, 0.717) is 5.82 Å². The highest BCUT2D eigenvalue weighted by Crippen LogP contribution is 2.37. The van der Waals surface area contributed by atoms with Crippen molar-refractivity contribution in [3.05, 3.63) is 59.0 Å². The van der Waals surface area contributed by atoms with Crippen LogP contribution >= 0.6 is 11.3 Å². The second-order valence-electron chi connectivity index (χ2n) is 5.68. The fourth-order valence-corrected chi connectivity index (χ4v) is 4.17. The molecule has 0 radical (unpaired) electrons. The van der Waals surface area contributed by atoms with Gasteiger partial charge in [-0.3, -0.25) is 0 Å². The van der Waals surface area contributed by atoms with Crippen LogP contribution in [0.15, 0.2) is 36.7 Å². The van der Waals surface area contributed by atoms with Crippen LogP contribution in [0.1, 0.15) is 22.4 Å². The molecule has 4 aromatic rings. The Balaban J connectivity index is 1.99. The van der Waals surface area contributed by atoms with Crippen LogP contribution < -0.4 is 5.73 Å². The highest BCUT2D eigenvalue weighted by atomic mass is 32.1. The molecule has 0 bridgehead atoms. The van der Waals surface area contributed by atoms with Gasteiger partial charge in [-0.1, -0.05) is 30.3 Å². The van der Waals surface area contributed by atoms with Gasteiger partial charge < -0.3 is 5.73 Å². The van der Waals surface area contributed by atoms with Crippen LogP contribution in [0.3, 0.4) is 0 Å². The molecule has 0 saturated heterocycles. The van der Waals surface area contributed by atoms with Crippen molar-refractivity contribution >= 4 is 37.6 Å². The Hall–Kier alpha value is -2.53. The minimum absolute atomic E-state index is 0.527. The van der Waals surface area contributed by atoms with Gasteiger partial charge in [0.1, 0.15) is 17.0 Å². The number of pyridine rings is 1. The molecule has 0 aliphatic rings. The number of fused-ring (bicyclic) bond motifs is 3. The van der Waals surface area contributed by atoms with E-state index in [4.69, 9.17) is 10.7 Å². The first-order valence-corrected chi connectivity index (χ1v) is 8.29. The first-order valence-electron chi connectivity index (χ1n) is 7.48. The number of nitrogens with zero attached hydrogens (tertiary/aromatic N) is 3. The van der Waals surface area contributed by atoms with Gasteiger partial charge in [0.05, 0.1) is 10.2 Å². The maximum Gasteiger partial charge on any atom is 0.144 e. The molecule has 114 valence electrons. The summed E-state index contributed by atoms with van der Waals surface area (Å²) >= 11 is 1.57. The lowest BCUT2D eigenvalue weighted by Crippen LogP contribution is -1.99. The summed E-state index contributed by atoms with van der Waals surface area (Å²) in [7, 11) is 0. The average Bonchev–Trinajstić information content (AvgIpc) is 2.92. The van der Waals surface area contributed by atoms with Crippen LogP contribution in [-0.4, -0.2) is 15.0 Å². The number of nitrogens with two attached hydrogens (primary N) is 1. The Bertz CT molecular complexity index is 1020. The van der Waals surface area contributed by atoms with Crippen molar-refractivity contribution in [1.29, 1.82) is 0 Å². The Morgan fingerprint density at radius 3 is 2.65 bits per heavy atom. The molecule has 3 heterocycles. The van der Waals surface area contributed by atoms with Crippen LogP contribution in [0.5, 0.6) is 0 Å². The van der Waals surface area contributed by atoms with E-state index >= 15 is 0 Å². The van der Waals surface area contributed by atoms with Gasteiger partial charge in [-0.2, -0.15) is 0 Å². The van der Waals surface area contributed by atoms with E-state index < -0.39 is 0 Å². The largest absolute Gasteiger partial charge is 0.382 e. The monoisotopic (exact) mass is 320 g/mol. The van der Waals surface area contributed by atoms with Crippen LogP contribution in [-0.2, 0) is 6.42 Å². The van der Waals surface area contributed by atoms with Crippen LogP contribution in [0, 0.1) is 13.8 Å². The zero-order valence-electron chi connectivity index (χ0n) is 13.0. The number of hydrogen-bond acceptors (Lipinski definition) is 5. The Kier molecular flexibility index (Phi) is 3.23. The Labute approximate surface area is 138 Å². The van der Waals surface area contributed by atoms with Crippen molar-refractivity contribution < 1.29 is 0 Å². The zero-order valence-corrected chi connectivity index (χ0v) is 13.8. The molecule has 0 amide bonds. The van der Waals surface area contributed by atoms with Gasteiger partial charge in [-0.15, -0.1) is 11.3 Å². The maximum atomic E-state index is 6.00. The molecular formula is C18H16N4S. The summed E-state index contributed by atoms with van der Waals surface area (Å²) in [6.45, 7) is 4.23. The van der Waals surface area contributed by atoms with E-state index in [-0.39, 0.29) is 0 Å². The van der Waals surface area contributed by atoms with Gasteiger partial charge in [0.25, 0.3) is 0 Å². The summed E-state index contributed by atoms with van der Waals surface area (Å²) in [5, 5.41) is 1.11. The molecule has 4 rings (SSSR count). The third kappa shape index (κ3) is 2.24. The lowest BCUT2D eigenvalue weighted by atomic mass is 9.97. The highest BCUT2D eigenvalue weighted by Gasteiger charge is 2.17. The second-order valence-corrected chi connectivity index (χ2v) is 6.68. The van der Waals surface area contributed by atoms with E-state index in [1.165, 1.54) is 23.0 Å². The minimum Gasteiger partial charge on any atom is -0.382 e. The molecule has 0 aliphatic heterocycles. The SMILES string of the molecule is Cc1nc2sc3c(N)ncnc3c2c(C)c1Cc1ccccc1. The molecular weight excluding hydrogens is 304 g/mol. The smallest absolute Gasteiger partial charge is 0.144 e. The molecule has 4 nitrogen and oxygen atoms in total. The van der Waals surface area contributed by atoms with Gasteiger partial charge >= 0.3 is 0 Å². The van der Waals surface area contributed by atoms with Gasteiger partial charge in [-0.05, 0) is 37.0 Å². The molecule has 23 heavy (non-hydrogen) atoms. The van der Waals surface area contributed by atoms with Crippen LogP contribution in [0.2, 0.25) is 0 Å². The summed E-state index contributed by atoms with van der Waals surface area (Å²) in [5.41, 5.74) is 11.8. The number of rotatable bonds is 2. The number of hydrogen-bond donors (Lipinski definition) is 1. The summed E-state index contributed by atoms with van der Waals surface area (Å²) < 4.78 is 0.925. The first kappa shape index (κ1) is 14.1. The molecule has 0 unspecified atom stereocenters. The topological polar surface area (TPSA) is 64.7 Å². The lowest BCUT2D eigenvalue weighted by Gasteiger charge is -2.10. The van der Waals surface area contributed by atoms with Crippen molar-refractivity contribution in [3.63, 3.8) is 0 Å². The number of benzene rings is 1. The molecule has 0 aliphatic carbocycles. The Morgan fingerprint density at radius 1 is 1.09 bits per heavy atom. The first-order chi connectivity index (χ1) is 11.1. The molecule has 1 aromatic carbocycles. The van der Waals surface area contributed by atoms with Crippen LogP contribution in [0.25, 0.3) is 20.4 Å². The number of thiophene rings is 1. The summed E-state index contributed by atoms with van der Waals surface area (Å²) in [5.74, 6) is 0.527. The normalized spacial score (nSPS) is 11.4. The standard InChI is InChI=1S/C18H16N4S/c1-10-13(8-12-6-4-3-5-7-12)11(2)22-18-14(10)15-16(23-18)17(19)21-9-20-15/h3-7,9H,8H2,1-2H3,(H2,19,20,21). The van der Waals surface area contributed by atoms with Crippen molar-refractivity contribution in [2.45, 2.75) is 20.3 Å². The number of aryl methyl sites for hydroxylation is 2. The minimum atomic E-state index is 0.527. The van der Waals surface area contributed by atoms with Gasteiger partial charge in [-0.25, -0.2) is 15.0 Å². The quantitative estimate of drug-likeness (QED) is 0.605. The fourth-order valence-electron chi connectivity index (χ4n) is 3.03. The molecule has 0 fully saturated rings. The predicted octanol–water partition coefficient (Wildman–Crippen LogP) is 4.03. The molecule has 0 atom stereocenters. The average molecular weight is 320 g/mol. The summed E-state index contributed by atoms with van der Waals surface area (Å²) in [6, 6.07) is 10.5. The van der Waals surface area contributed by atoms with Crippen molar-refractivity contribution in [2.24, 2.45) is 0 Å². The van der Waals surface area contributed by atoms with Crippen molar-refractivity contribution in [2.75, 3.05) is 5.73 Å². The third-order valence-electron chi connectivity index (χ3n) is 4.24. The zero-order chi connectivity index (χ0) is 16.0. The van der Waals surface area contributed by atoms with E-state index in [0.717, 1.165) is 32.5 Å².